The molecule has 0 fully saturated rings. The van der Waals surface area contributed by atoms with Crippen LogP contribution in [0.3, 0.4) is 0 Å². The van der Waals surface area contributed by atoms with Crippen molar-refractivity contribution < 1.29 is 0 Å². The van der Waals surface area contributed by atoms with Crippen LogP contribution in [0, 0.1) is 0 Å². The minimum atomic E-state index is 0.359. The molecule has 0 aromatic carbocycles. The van der Waals surface area contributed by atoms with Gasteiger partial charge in [-0.3, -0.25) is 4.68 Å². The van der Waals surface area contributed by atoms with E-state index in [0.717, 1.165) is 17.4 Å². The lowest BCUT2D eigenvalue weighted by molar-refractivity contribution is 0.549. The number of hydrogen-bond acceptors (Lipinski definition) is 2. The van der Waals surface area contributed by atoms with Crippen molar-refractivity contribution in [3.05, 3.63) is 29.0 Å². The molecular formula is C10H16BrN3. The van der Waals surface area contributed by atoms with Crippen molar-refractivity contribution in [2.45, 2.75) is 19.4 Å². The van der Waals surface area contributed by atoms with Crippen LogP contribution in [0.15, 0.2) is 23.5 Å². The van der Waals surface area contributed by atoms with Gasteiger partial charge in [0.25, 0.3) is 0 Å². The van der Waals surface area contributed by atoms with Gasteiger partial charge in [-0.1, -0.05) is 29.4 Å². The highest BCUT2D eigenvalue weighted by Crippen LogP contribution is 2.15. The first-order valence-electron chi connectivity index (χ1n) is 4.68. The van der Waals surface area contributed by atoms with E-state index in [2.05, 4.69) is 39.8 Å². The average Bonchev–Trinajstić information content (AvgIpc) is 2.53. The number of rotatable bonds is 5. The van der Waals surface area contributed by atoms with Gasteiger partial charge in [0.05, 0.1) is 6.20 Å². The molecule has 0 amide bonds. The Morgan fingerprint density at radius 1 is 1.79 bits per heavy atom. The monoisotopic (exact) mass is 257 g/mol. The SMILES string of the molecule is C=C(Br)CNC(CC)c1cnn(C)c1. The Bertz CT molecular complexity index is 306. The van der Waals surface area contributed by atoms with Crippen molar-refractivity contribution in [2.75, 3.05) is 6.54 Å². The average molecular weight is 258 g/mol. The van der Waals surface area contributed by atoms with E-state index in [1.165, 1.54) is 5.56 Å². The summed E-state index contributed by atoms with van der Waals surface area (Å²) in [5.41, 5.74) is 1.23. The molecule has 3 nitrogen and oxygen atoms in total. The molecule has 1 heterocycles. The number of hydrogen-bond donors (Lipinski definition) is 1. The Hall–Kier alpha value is -0.610. The number of aromatic nitrogens is 2. The maximum Gasteiger partial charge on any atom is 0.0537 e. The quantitative estimate of drug-likeness (QED) is 0.878. The lowest BCUT2D eigenvalue weighted by Gasteiger charge is -2.14. The van der Waals surface area contributed by atoms with Gasteiger partial charge in [0.2, 0.25) is 0 Å². The van der Waals surface area contributed by atoms with Crippen LogP contribution in [-0.2, 0) is 7.05 Å². The summed E-state index contributed by atoms with van der Waals surface area (Å²) in [6, 6.07) is 0.359. The molecule has 0 bridgehead atoms. The molecule has 0 aliphatic heterocycles. The fraction of sp³-hybridized carbons (Fsp3) is 0.500. The second kappa shape index (κ2) is 5.32. The summed E-state index contributed by atoms with van der Waals surface area (Å²) in [6.07, 6.45) is 4.99. The van der Waals surface area contributed by atoms with Gasteiger partial charge < -0.3 is 5.32 Å². The molecule has 1 unspecified atom stereocenters. The summed E-state index contributed by atoms with van der Waals surface area (Å²) in [5.74, 6) is 0. The number of nitrogens with zero attached hydrogens (tertiary/aromatic N) is 2. The van der Waals surface area contributed by atoms with Gasteiger partial charge in [0.15, 0.2) is 0 Å². The molecule has 1 aromatic rings. The molecule has 0 saturated carbocycles. The van der Waals surface area contributed by atoms with Crippen LogP contribution in [0.1, 0.15) is 24.9 Å². The molecular weight excluding hydrogens is 242 g/mol. The van der Waals surface area contributed by atoms with Crippen LogP contribution < -0.4 is 5.32 Å². The van der Waals surface area contributed by atoms with E-state index in [1.54, 1.807) is 0 Å². The van der Waals surface area contributed by atoms with Gasteiger partial charge in [-0.2, -0.15) is 5.10 Å². The molecule has 78 valence electrons. The van der Waals surface area contributed by atoms with Crippen molar-refractivity contribution in [2.24, 2.45) is 7.05 Å². The molecule has 1 N–H and O–H groups in total. The highest BCUT2D eigenvalue weighted by atomic mass is 79.9. The fourth-order valence-electron chi connectivity index (χ4n) is 1.35. The Kier molecular flexibility index (Phi) is 4.35. The fourth-order valence-corrected chi connectivity index (χ4v) is 1.51. The summed E-state index contributed by atoms with van der Waals surface area (Å²) >= 11 is 3.33. The molecule has 0 aliphatic carbocycles. The van der Waals surface area contributed by atoms with Crippen LogP contribution >= 0.6 is 15.9 Å². The predicted molar refractivity (Wildman–Crippen MR) is 62.3 cm³/mol. The zero-order valence-corrected chi connectivity index (χ0v) is 10.2. The Morgan fingerprint density at radius 3 is 2.93 bits per heavy atom. The normalized spacial score (nSPS) is 12.8. The van der Waals surface area contributed by atoms with E-state index in [4.69, 9.17) is 0 Å². The van der Waals surface area contributed by atoms with E-state index in [9.17, 15) is 0 Å². The van der Waals surface area contributed by atoms with Crippen LogP contribution in [0.4, 0.5) is 0 Å². The zero-order valence-electron chi connectivity index (χ0n) is 8.63. The zero-order chi connectivity index (χ0) is 10.6. The van der Waals surface area contributed by atoms with E-state index < -0.39 is 0 Å². The minimum Gasteiger partial charge on any atom is -0.305 e. The lowest BCUT2D eigenvalue weighted by atomic mass is 10.1. The second-order valence-electron chi connectivity index (χ2n) is 3.31. The molecule has 0 aliphatic rings. The third-order valence-electron chi connectivity index (χ3n) is 2.08. The third kappa shape index (κ3) is 3.27. The first-order valence-corrected chi connectivity index (χ1v) is 5.48. The van der Waals surface area contributed by atoms with E-state index in [0.29, 0.717) is 6.04 Å². The number of aryl methyl sites for hydroxylation is 1. The highest BCUT2D eigenvalue weighted by molar-refractivity contribution is 9.11. The van der Waals surface area contributed by atoms with Crippen molar-refractivity contribution in [1.29, 1.82) is 0 Å². The number of nitrogens with one attached hydrogen (secondary N) is 1. The van der Waals surface area contributed by atoms with Crippen LogP contribution in [0.2, 0.25) is 0 Å². The maximum absolute atomic E-state index is 4.16. The molecule has 0 radical (unpaired) electrons. The van der Waals surface area contributed by atoms with Gasteiger partial charge in [0.1, 0.15) is 0 Å². The summed E-state index contributed by atoms with van der Waals surface area (Å²) < 4.78 is 2.79. The largest absolute Gasteiger partial charge is 0.305 e. The third-order valence-corrected chi connectivity index (χ3v) is 2.36. The van der Waals surface area contributed by atoms with Gasteiger partial charge in [-0.25, -0.2) is 0 Å². The van der Waals surface area contributed by atoms with Crippen LogP contribution in [0.25, 0.3) is 0 Å². The molecule has 1 atom stereocenters. The van der Waals surface area contributed by atoms with Gasteiger partial charge in [0, 0.05) is 35.9 Å². The summed E-state index contributed by atoms with van der Waals surface area (Å²) in [4.78, 5) is 0. The smallest absolute Gasteiger partial charge is 0.0537 e. The molecule has 0 saturated heterocycles. The Labute approximate surface area is 93.3 Å². The minimum absolute atomic E-state index is 0.359. The molecule has 4 heteroatoms. The molecule has 1 aromatic heterocycles. The summed E-state index contributed by atoms with van der Waals surface area (Å²) in [6.45, 7) is 6.73. The van der Waals surface area contributed by atoms with Gasteiger partial charge in [-0.15, -0.1) is 0 Å². The van der Waals surface area contributed by atoms with Gasteiger partial charge in [-0.05, 0) is 6.42 Å². The highest BCUT2D eigenvalue weighted by Gasteiger charge is 2.09. The Balaban J connectivity index is 2.58. The Morgan fingerprint density at radius 2 is 2.50 bits per heavy atom. The van der Waals surface area contributed by atoms with Gasteiger partial charge >= 0.3 is 0 Å². The summed E-state index contributed by atoms with van der Waals surface area (Å²) in [7, 11) is 1.93. The molecule has 0 spiro atoms. The standard InChI is InChI=1S/C10H16BrN3/c1-4-10(12-5-8(2)11)9-6-13-14(3)7-9/h6-7,10,12H,2,4-5H2,1,3H3. The van der Waals surface area contributed by atoms with Crippen molar-refractivity contribution >= 4 is 15.9 Å². The van der Waals surface area contributed by atoms with Crippen molar-refractivity contribution in [1.82, 2.24) is 15.1 Å². The predicted octanol–water partition coefficient (Wildman–Crippen LogP) is 2.37. The molecule has 14 heavy (non-hydrogen) atoms. The van der Waals surface area contributed by atoms with E-state index >= 15 is 0 Å². The van der Waals surface area contributed by atoms with Crippen LogP contribution in [0.5, 0.6) is 0 Å². The number of halogens is 1. The first kappa shape index (κ1) is 11.5. The first-order chi connectivity index (χ1) is 6.63. The second-order valence-corrected chi connectivity index (χ2v) is 4.43. The van der Waals surface area contributed by atoms with Crippen molar-refractivity contribution in [3.63, 3.8) is 0 Å². The topological polar surface area (TPSA) is 29.9 Å². The molecule has 1 rings (SSSR count). The van der Waals surface area contributed by atoms with E-state index in [-0.39, 0.29) is 0 Å². The maximum atomic E-state index is 4.16. The lowest BCUT2D eigenvalue weighted by Crippen LogP contribution is -2.21. The van der Waals surface area contributed by atoms with Crippen molar-refractivity contribution in [3.8, 4) is 0 Å². The van der Waals surface area contributed by atoms with E-state index in [1.807, 2.05) is 24.1 Å². The van der Waals surface area contributed by atoms with Crippen LogP contribution in [-0.4, -0.2) is 16.3 Å². The summed E-state index contributed by atoms with van der Waals surface area (Å²) in [5, 5.41) is 7.55.